The van der Waals surface area contributed by atoms with Crippen LogP contribution < -0.4 is 5.32 Å². The number of carbonyl (C=O) groups is 1. The molecule has 0 radical (unpaired) electrons. The molecular weight excluding hydrogens is 439 g/mol. The van der Waals surface area contributed by atoms with Crippen LogP contribution in [0.2, 0.25) is 5.02 Å². The number of rotatable bonds is 7. The van der Waals surface area contributed by atoms with Crippen LogP contribution in [0.5, 0.6) is 0 Å². The molecule has 0 spiro atoms. The summed E-state index contributed by atoms with van der Waals surface area (Å²) in [5.41, 5.74) is 1.54. The van der Waals surface area contributed by atoms with Gasteiger partial charge in [-0.1, -0.05) is 23.4 Å². The van der Waals surface area contributed by atoms with Crippen LogP contribution in [0.1, 0.15) is 24.4 Å². The Labute approximate surface area is 188 Å². The highest BCUT2D eigenvalue weighted by atomic mass is 35.5. The number of thioether (sulfide) groups is 1. The van der Waals surface area contributed by atoms with E-state index in [1.807, 2.05) is 36.6 Å². The van der Waals surface area contributed by atoms with Crippen molar-refractivity contribution in [1.82, 2.24) is 19.7 Å². The standard InChI is InChI=1S/C21H20ClFN6OS/c1-13(28(2)3)20-26-27-21(29(20)17-8-5-15(23)6-9-17)31-12-19(30)25-16-7-4-14(11-24)18(22)10-16/h4-10,13H,12H2,1-3H3,(H,25,30). The summed E-state index contributed by atoms with van der Waals surface area (Å²) < 4.78 is 15.2. The number of hydrogen-bond donors (Lipinski definition) is 1. The maximum atomic E-state index is 13.4. The van der Waals surface area contributed by atoms with Gasteiger partial charge in [0.15, 0.2) is 11.0 Å². The van der Waals surface area contributed by atoms with Gasteiger partial charge in [0, 0.05) is 11.4 Å². The number of aromatic nitrogens is 3. The van der Waals surface area contributed by atoms with Gasteiger partial charge in [-0.05, 0) is 63.5 Å². The molecule has 1 aromatic heterocycles. The van der Waals surface area contributed by atoms with Gasteiger partial charge in [-0.25, -0.2) is 4.39 Å². The third-order valence-corrected chi connectivity index (χ3v) is 5.84. The number of halogens is 2. The van der Waals surface area contributed by atoms with Crippen LogP contribution in [0.3, 0.4) is 0 Å². The van der Waals surface area contributed by atoms with Gasteiger partial charge < -0.3 is 5.32 Å². The van der Waals surface area contributed by atoms with E-state index in [4.69, 9.17) is 16.9 Å². The largest absolute Gasteiger partial charge is 0.325 e. The van der Waals surface area contributed by atoms with Crippen molar-refractivity contribution < 1.29 is 9.18 Å². The lowest BCUT2D eigenvalue weighted by molar-refractivity contribution is -0.113. The number of amides is 1. The van der Waals surface area contributed by atoms with E-state index in [1.165, 1.54) is 30.0 Å². The van der Waals surface area contributed by atoms with Gasteiger partial charge in [0.1, 0.15) is 11.9 Å². The van der Waals surface area contributed by atoms with Gasteiger partial charge in [0.25, 0.3) is 0 Å². The summed E-state index contributed by atoms with van der Waals surface area (Å²) in [4.78, 5) is 14.4. The van der Waals surface area contributed by atoms with Crippen molar-refractivity contribution in [2.45, 2.75) is 18.1 Å². The van der Waals surface area contributed by atoms with E-state index < -0.39 is 0 Å². The van der Waals surface area contributed by atoms with Gasteiger partial charge in [-0.2, -0.15) is 5.26 Å². The van der Waals surface area contributed by atoms with E-state index in [2.05, 4.69) is 15.5 Å². The quantitative estimate of drug-likeness (QED) is 0.531. The second kappa shape index (κ2) is 9.92. The predicted molar refractivity (Wildman–Crippen MR) is 119 cm³/mol. The number of hydrogen-bond acceptors (Lipinski definition) is 6. The van der Waals surface area contributed by atoms with Gasteiger partial charge in [0.2, 0.25) is 5.91 Å². The summed E-state index contributed by atoms with van der Waals surface area (Å²) >= 11 is 7.23. The van der Waals surface area contributed by atoms with Crippen molar-refractivity contribution in [2.24, 2.45) is 0 Å². The zero-order valence-electron chi connectivity index (χ0n) is 17.1. The summed E-state index contributed by atoms with van der Waals surface area (Å²) in [5, 5.41) is 21.0. The third-order valence-electron chi connectivity index (χ3n) is 4.60. The Morgan fingerprint density at radius 1 is 1.29 bits per heavy atom. The predicted octanol–water partition coefficient (Wildman–Crippen LogP) is 4.28. The summed E-state index contributed by atoms with van der Waals surface area (Å²) in [6, 6.07) is 12.6. The molecule has 0 aliphatic carbocycles. The minimum atomic E-state index is -0.339. The highest BCUT2D eigenvalue weighted by Gasteiger charge is 2.21. The van der Waals surface area contributed by atoms with Crippen molar-refractivity contribution >= 4 is 35.0 Å². The molecular formula is C21H20ClFN6OS. The molecule has 1 heterocycles. The molecule has 0 fully saturated rings. The first-order valence-electron chi connectivity index (χ1n) is 9.30. The maximum Gasteiger partial charge on any atom is 0.234 e. The fraction of sp³-hybridized carbons (Fsp3) is 0.238. The van der Waals surface area contributed by atoms with Gasteiger partial charge in [-0.15, -0.1) is 10.2 Å². The first-order valence-corrected chi connectivity index (χ1v) is 10.7. The molecule has 0 saturated carbocycles. The monoisotopic (exact) mass is 458 g/mol. The molecule has 1 amide bonds. The van der Waals surface area contributed by atoms with Crippen LogP contribution >= 0.6 is 23.4 Å². The number of nitrogens with one attached hydrogen (secondary N) is 1. The molecule has 0 bridgehead atoms. The fourth-order valence-corrected chi connectivity index (χ4v) is 3.70. The lowest BCUT2D eigenvalue weighted by Crippen LogP contribution is -2.21. The van der Waals surface area contributed by atoms with E-state index in [0.29, 0.717) is 27.9 Å². The number of nitriles is 1. The summed E-state index contributed by atoms with van der Waals surface area (Å²) in [5.74, 6) is 0.154. The molecule has 0 aliphatic rings. The maximum absolute atomic E-state index is 13.4. The van der Waals surface area contributed by atoms with Crippen LogP contribution in [0.4, 0.5) is 10.1 Å². The van der Waals surface area contributed by atoms with E-state index in [-0.39, 0.29) is 28.5 Å². The lowest BCUT2D eigenvalue weighted by Gasteiger charge is -2.20. The molecule has 0 aliphatic heterocycles. The highest BCUT2D eigenvalue weighted by Crippen LogP contribution is 2.27. The zero-order valence-corrected chi connectivity index (χ0v) is 18.7. The van der Waals surface area contributed by atoms with E-state index in [1.54, 1.807) is 24.3 Å². The minimum Gasteiger partial charge on any atom is -0.325 e. The van der Waals surface area contributed by atoms with Gasteiger partial charge in [-0.3, -0.25) is 14.3 Å². The molecule has 1 N–H and O–H groups in total. The van der Waals surface area contributed by atoms with Crippen LogP contribution in [-0.2, 0) is 4.79 Å². The Bertz CT molecular complexity index is 1130. The molecule has 1 unspecified atom stereocenters. The Kier molecular flexibility index (Phi) is 7.28. The van der Waals surface area contributed by atoms with E-state index in [0.717, 1.165) is 0 Å². The van der Waals surface area contributed by atoms with E-state index in [9.17, 15) is 9.18 Å². The minimum absolute atomic E-state index is 0.0541. The Morgan fingerprint density at radius 3 is 2.61 bits per heavy atom. The molecule has 2 aromatic carbocycles. The molecule has 160 valence electrons. The molecule has 1 atom stereocenters. The number of nitrogens with zero attached hydrogens (tertiary/aromatic N) is 5. The van der Waals surface area contributed by atoms with Crippen LogP contribution in [0.15, 0.2) is 47.6 Å². The second-order valence-electron chi connectivity index (χ2n) is 6.94. The molecule has 3 rings (SSSR count). The molecule has 10 heteroatoms. The van der Waals surface area contributed by atoms with Crippen molar-refractivity contribution in [3.05, 3.63) is 64.7 Å². The second-order valence-corrected chi connectivity index (χ2v) is 8.29. The van der Waals surface area contributed by atoms with Crippen molar-refractivity contribution in [2.75, 3.05) is 25.2 Å². The van der Waals surface area contributed by atoms with Crippen molar-refractivity contribution in [3.8, 4) is 11.8 Å². The van der Waals surface area contributed by atoms with E-state index >= 15 is 0 Å². The van der Waals surface area contributed by atoms with Gasteiger partial charge in [0.05, 0.1) is 22.4 Å². The Hall–Kier alpha value is -2.93. The third kappa shape index (κ3) is 5.41. The molecule has 0 saturated heterocycles. The summed E-state index contributed by atoms with van der Waals surface area (Å²) in [6.07, 6.45) is 0. The highest BCUT2D eigenvalue weighted by molar-refractivity contribution is 7.99. The number of anilines is 1. The Balaban J connectivity index is 1.79. The normalized spacial score (nSPS) is 11.9. The zero-order chi connectivity index (χ0) is 22.5. The first kappa shape index (κ1) is 22.7. The smallest absolute Gasteiger partial charge is 0.234 e. The summed E-state index contributed by atoms with van der Waals surface area (Å²) in [7, 11) is 3.86. The Morgan fingerprint density at radius 2 is 2.00 bits per heavy atom. The fourth-order valence-electron chi connectivity index (χ4n) is 2.72. The van der Waals surface area contributed by atoms with Crippen LogP contribution in [-0.4, -0.2) is 45.4 Å². The van der Waals surface area contributed by atoms with Crippen LogP contribution in [0.25, 0.3) is 5.69 Å². The number of benzene rings is 2. The molecule has 3 aromatic rings. The summed E-state index contributed by atoms with van der Waals surface area (Å²) in [6.45, 7) is 1.99. The molecule has 31 heavy (non-hydrogen) atoms. The first-order chi connectivity index (χ1) is 14.8. The van der Waals surface area contributed by atoms with Crippen molar-refractivity contribution in [1.29, 1.82) is 5.26 Å². The number of carbonyl (C=O) groups excluding carboxylic acids is 1. The topological polar surface area (TPSA) is 86.8 Å². The van der Waals surface area contributed by atoms with Crippen molar-refractivity contribution in [3.63, 3.8) is 0 Å². The molecule has 7 nitrogen and oxygen atoms in total. The average Bonchev–Trinajstić information content (AvgIpc) is 3.16. The van der Waals surface area contributed by atoms with Crippen LogP contribution in [0, 0.1) is 17.1 Å². The average molecular weight is 459 g/mol. The lowest BCUT2D eigenvalue weighted by atomic mass is 10.2. The van der Waals surface area contributed by atoms with Gasteiger partial charge >= 0.3 is 0 Å². The SMILES string of the molecule is CC(c1nnc(SCC(=O)Nc2ccc(C#N)c(Cl)c2)n1-c1ccc(F)cc1)N(C)C.